The SMILES string of the molecule is CCCCCCCCCCCCCCCc1ccc(S(=O)(=O)[O-])c(CCCCCCCCCCCCCCC)c1CCCCCCCCCCCCCCC.[Na+]. The molecule has 0 aliphatic rings. The van der Waals surface area contributed by atoms with E-state index in [-0.39, 0.29) is 34.5 Å². The molecule has 0 heterocycles. The summed E-state index contributed by atoms with van der Waals surface area (Å²) in [6, 6.07) is 3.68. The van der Waals surface area contributed by atoms with Crippen LogP contribution in [0.3, 0.4) is 0 Å². The zero-order valence-corrected chi connectivity index (χ0v) is 41.3. The maximum atomic E-state index is 12.6. The van der Waals surface area contributed by atoms with Crippen molar-refractivity contribution >= 4 is 10.1 Å². The number of rotatable bonds is 43. The fraction of sp³-hybridized carbons (Fsp3) is 0.882. The van der Waals surface area contributed by atoms with Crippen LogP contribution in [0.5, 0.6) is 0 Å². The molecule has 0 radical (unpaired) electrons. The Kier molecular flexibility index (Phi) is 41.9. The van der Waals surface area contributed by atoms with E-state index in [9.17, 15) is 13.0 Å². The Morgan fingerprint density at radius 2 is 0.571 bits per heavy atom. The van der Waals surface area contributed by atoms with Crippen LogP contribution < -0.4 is 29.6 Å². The zero-order chi connectivity index (χ0) is 39.9. The van der Waals surface area contributed by atoms with E-state index in [1.54, 1.807) is 6.07 Å². The Morgan fingerprint density at radius 3 is 0.839 bits per heavy atom. The largest absolute Gasteiger partial charge is 1.00 e. The molecule has 1 aromatic rings. The molecule has 0 aliphatic heterocycles. The number of unbranched alkanes of at least 4 members (excludes halogenated alkanes) is 36. The monoisotopic (exact) mass is 811 g/mol. The van der Waals surface area contributed by atoms with Crippen LogP contribution in [0.4, 0.5) is 0 Å². The molecule has 5 heteroatoms. The number of hydrogen-bond donors (Lipinski definition) is 0. The third-order valence-corrected chi connectivity index (χ3v) is 13.3. The van der Waals surface area contributed by atoms with E-state index in [4.69, 9.17) is 0 Å². The second kappa shape index (κ2) is 41.8. The van der Waals surface area contributed by atoms with Crippen molar-refractivity contribution in [1.82, 2.24) is 0 Å². The van der Waals surface area contributed by atoms with Gasteiger partial charge in [0.25, 0.3) is 0 Å². The van der Waals surface area contributed by atoms with Crippen molar-refractivity contribution in [3.8, 4) is 0 Å². The Hall–Kier alpha value is 0.130. The zero-order valence-electron chi connectivity index (χ0n) is 38.5. The Morgan fingerprint density at radius 1 is 0.339 bits per heavy atom. The first-order valence-corrected chi connectivity index (χ1v) is 26.5. The maximum Gasteiger partial charge on any atom is 1.00 e. The minimum atomic E-state index is -4.50. The molecule has 0 saturated heterocycles. The minimum absolute atomic E-state index is 0. The Balaban J connectivity index is 0.0000302. The molecule has 0 aromatic heterocycles. The number of aryl methyl sites for hydroxylation is 1. The summed E-state index contributed by atoms with van der Waals surface area (Å²) >= 11 is 0. The van der Waals surface area contributed by atoms with Gasteiger partial charge < -0.3 is 4.55 Å². The van der Waals surface area contributed by atoms with Crippen molar-refractivity contribution in [2.75, 3.05) is 0 Å². The van der Waals surface area contributed by atoms with Crippen LogP contribution in [0.15, 0.2) is 17.0 Å². The summed E-state index contributed by atoms with van der Waals surface area (Å²) in [4.78, 5) is 0.0743. The van der Waals surface area contributed by atoms with Crippen molar-refractivity contribution in [3.05, 3.63) is 28.8 Å². The summed E-state index contributed by atoms with van der Waals surface area (Å²) in [5.41, 5.74) is 3.42. The van der Waals surface area contributed by atoms with Crippen LogP contribution in [0, 0.1) is 0 Å². The smallest absolute Gasteiger partial charge is 0.744 e. The Labute approximate surface area is 374 Å². The van der Waals surface area contributed by atoms with Gasteiger partial charge in [-0.05, 0) is 61.3 Å². The standard InChI is InChI=1S/C51H96O3S.Na/c1-4-7-10-13-16-19-22-25-28-31-34-37-40-43-48-46-47-51(55(52,53)54)50(45-42-39-36-33-30-27-24-21-18-15-12-9-6-3)49(48)44-41-38-35-32-29-26-23-20-17-14-11-8-5-2;/h46-47H,4-45H2,1-3H3,(H,52,53,54);/q;+1/p-1. The first-order chi connectivity index (χ1) is 27.0. The van der Waals surface area contributed by atoms with Gasteiger partial charge >= 0.3 is 29.6 Å². The van der Waals surface area contributed by atoms with E-state index >= 15 is 0 Å². The van der Waals surface area contributed by atoms with E-state index in [1.165, 1.54) is 236 Å². The van der Waals surface area contributed by atoms with Crippen molar-refractivity contribution in [1.29, 1.82) is 0 Å². The Bertz CT molecular complexity index is 1070. The van der Waals surface area contributed by atoms with Crippen LogP contribution in [-0.2, 0) is 29.4 Å². The summed E-state index contributed by atoms with van der Waals surface area (Å²) in [6.07, 6.45) is 54.3. The predicted octanol–water partition coefficient (Wildman–Crippen LogP) is 14.5. The molecule has 1 aromatic carbocycles. The summed E-state index contributed by atoms with van der Waals surface area (Å²) in [5.74, 6) is 0. The van der Waals surface area contributed by atoms with Gasteiger partial charge in [0.1, 0.15) is 10.1 Å². The molecule has 0 amide bonds. The van der Waals surface area contributed by atoms with Gasteiger partial charge in [0.2, 0.25) is 0 Å². The first-order valence-electron chi connectivity index (χ1n) is 25.0. The predicted molar refractivity (Wildman–Crippen MR) is 243 cm³/mol. The molecule has 0 saturated carbocycles. The van der Waals surface area contributed by atoms with Gasteiger partial charge in [-0.25, -0.2) is 8.42 Å². The van der Waals surface area contributed by atoms with Gasteiger partial charge in [-0.15, -0.1) is 0 Å². The van der Waals surface area contributed by atoms with E-state index in [0.717, 1.165) is 50.5 Å². The van der Waals surface area contributed by atoms with Crippen LogP contribution in [0.2, 0.25) is 0 Å². The first kappa shape index (κ1) is 56.1. The fourth-order valence-corrected chi connectivity index (χ4v) is 9.51. The average Bonchev–Trinajstić information content (AvgIpc) is 3.17. The van der Waals surface area contributed by atoms with Gasteiger partial charge in [-0.3, -0.25) is 0 Å². The van der Waals surface area contributed by atoms with E-state index < -0.39 is 10.1 Å². The topological polar surface area (TPSA) is 57.2 Å². The molecule has 3 nitrogen and oxygen atoms in total. The maximum absolute atomic E-state index is 12.6. The van der Waals surface area contributed by atoms with Gasteiger partial charge in [-0.2, -0.15) is 0 Å². The average molecular weight is 811 g/mol. The molecule has 324 valence electrons. The molecule has 0 fully saturated rings. The van der Waals surface area contributed by atoms with Gasteiger partial charge in [0, 0.05) is 0 Å². The summed E-state index contributed by atoms with van der Waals surface area (Å²) in [7, 11) is -4.50. The van der Waals surface area contributed by atoms with Crippen molar-refractivity contribution < 1.29 is 42.5 Å². The fourth-order valence-electron chi connectivity index (χ4n) is 8.75. The molecule has 56 heavy (non-hydrogen) atoms. The van der Waals surface area contributed by atoms with Crippen molar-refractivity contribution in [3.63, 3.8) is 0 Å². The van der Waals surface area contributed by atoms with Crippen molar-refractivity contribution in [2.24, 2.45) is 0 Å². The summed E-state index contributed by atoms with van der Waals surface area (Å²) in [6.45, 7) is 6.85. The van der Waals surface area contributed by atoms with Gasteiger partial charge in [-0.1, -0.05) is 258 Å². The normalized spacial score (nSPS) is 11.7. The van der Waals surface area contributed by atoms with E-state index in [1.807, 2.05) is 6.07 Å². The molecular formula is C51H95NaO3S. The molecular weight excluding hydrogens is 716 g/mol. The minimum Gasteiger partial charge on any atom is -0.744 e. The molecule has 0 aliphatic carbocycles. The van der Waals surface area contributed by atoms with Gasteiger partial charge in [0.15, 0.2) is 0 Å². The molecule has 0 unspecified atom stereocenters. The van der Waals surface area contributed by atoms with Crippen molar-refractivity contribution in [2.45, 2.75) is 295 Å². The molecule has 1 rings (SSSR count). The van der Waals surface area contributed by atoms with Crippen LogP contribution in [0.25, 0.3) is 0 Å². The number of hydrogen-bond acceptors (Lipinski definition) is 3. The second-order valence-electron chi connectivity index (χ2n) is 17.6. The van der Waals surface area contributed by atoms with Crippen LogP contribution in [0.1, 0.15) is 288 Å². The molecule has 0 spiro atoms. The van der Waals surface area contributed by atoms with E-state index in [0.29, 0.717) is 0 Å². The van der Waals surface area contributed by atoms with E-state index in [2.05, 4.69) is 20.8 Å². The second-order valence-corrected chi connectivity index (χ2v) is 19.0. The summed E-state index contributed by atoms with van der Waals surface area (Å²) < 4.78 is 37.7. The number of benzene rings is 1. The van der Waals surface area contributed by atoms with Gasteiger partial charge in [0.05, 0.1) is 4.90 Å². The van der Waals surface area contributed by atoms with Crippen LogP contribution in [-0.4, -0.2) is 13.0 Å². The molecule has 0 bridgehead atoms. The summed E-state index contributed by atoms with van der Waals surface area (Å²) in [5, 5.41) is 0. The third kappa shape index (κ3) is 32.9. The third-order valence-electron chi connectivity index (χ3n) is 12.4. The molecule has 0 atom stereocenters. The quantitative estimate of drug-likeness (QED) is 0.0375. The molecule has 0 N–H and O–H groups in total. The van der Waals surface area contributed by atoms with Crippen LogP contribution >= 0.6 is 0 Å².